The molecule has 1 saturated heterocycles. The van der Waals surface area contributed by atoms with Crippen molar-refractivity contribution in [2.24, 2.45) is 0 Å². The van der Waals surface area contributed by atoms with Crippen molar-refractivity contribution >= 4 is 22.9 Å². The topological polar surface area (TPSA) is 76.5 Å². The number of likely N-dealkylation sites (N-methyl/N-ethyl adjacent to an activating group) is 1. The van der Waals surface area contributed by atoms with E-state index in [2.05, 4.69) is 14.9 Å². The number of carbonyl (C=O) groups is 2. The summed E-state index contributed by atoms with van der Waals surface area (Å²) in [7, 11) is 3.24. The smallest absolute Gasteiger partial charge is 0.323 e. The average Bonchev–Trinajstić information content (AvgIpc) is 3.25. The number of esters is 1. The Hall–Kier alpha value is -3.19. The molecule has 2 heterocycles. The Balaban J connectivity index is 1.55. The van der Waals surface area contributed by atoms with E-state index in [4.69, 9.17) is 4.74 Å². The SMILES string of the molecule is COC(=O)[C@@H]1C[C@H](NC(=O)c2ccc3c(c2)nc(C)n3-c2ccccc2)CN1C. The number of methoxy groups -OCH3 is 1. The Labute approximate surface area is 169 Å². The molecule has 1 aliphatic rings. The van der Waals surface area contributed by atoms with Crippen LogP contribution in [0.4, 0.5) is 0 Å². The molecule has 4 rings (SSSR count). The first-order chi connectivity index (χ1) is 14.0. The number of aryl methyl sites for hydroxylation is 1. The number of benzene rings is 2. The number of amides is 1. The van der Waals surface area contributed by atoms with Crippen LogP contribution < -0.4 is 5.32 Å². The van der Waals surface area contributed by atoms with Gasteiger partial charge >= 0.3 is 5.97 Å². The van der Waals surface area contributed by atoms with Crippen LogP contribution in [0.3, 0.4) is 0 Å². The third kappa shape index (κ3) is 3.61. The van der Waals surface area contributed by atoms with Crippen LogP contribution in [0.5, 0.6) is 0 Å². The molecule has 0 spiro atoms. The maximum atomic E-state index is 12.8. The van der Waals surface area contributed by atoms with Gasteiger partial charge in [0.2, 0.25) is 0 Å². The fraction of sp³-hybridized carbons (Fsp3) is 0.318. The van der Waals surface area contributed by atoms with Gasteiger partial charge in [-0.3, -0.25) is 19.1 Å². The molecule has 1 aliphatic heterocycles. The molecule has 0 aliphatic carbocycles. The largest absolute Gasteiger partial charge is 0.468 e. The zero-order chi connectivity index (χ0) is 20.5. The fourth-order valence-electron chi connectivity index (χ4n) is 4.03. The number of hydrogen-bond acceptors (Lipinski definition) is 5. The molecular formula is C22H24N4O3. The number of rotatable bonds is 4. The first kappa shape index (κ1) is 19.1. The van der Waals surface area contributed by atoms with Gasteiger partial charge in [0, 0.05) is 23.8 Å². The number of nitrogens with one attached hydrogen (secondary N) is 1. The Morgan fingerprint density at radius 1 is 1.17 bits per heavy atom. The predicted octanol–water partition coefficient (Wildman–Crippen LogP) is 2.31. The van der Waals surface area contributed by atoms with Gasteiger partial charge in [-0.25, -0.2) is 4.98 Å². The minimum Gasteiger partial charge on any atom is -0.468 e. The number of hydrogen-bond donors (Lipinski definition) is 1. The van der Waals surface area contributed by atoms with E-state index in [1.165, 1.54) is 7.11 Å². The zero-order valence-corrected chi connectivity index (χ0v) is 16.8. The van der Waals surface area contributed by atoms with Gasteiger partial charge in [0.05, 0.1) is 18.1 Å². The molecule has 1 aromatic heterocycles. The average molecular weight is 392 g/mol. The van der Waals surface area contributed by atoms with Crippen LogP contribution >= 0.6 is 0 Å². The molecule has 2 atom stereocenters. The minimum absolute atomic E-state index is 0.101. The van der Waals surface area contributed by atoms with Crippen molar-refractivity contribution in [1.82, 2.24) is 19.8 Å². The highest BCUT2D eigenvalue weighted by Gasteiger charge is 2.36. The summed E-state index contributed by atoms with van der Waals surface area (Å²) < 4.78 is 6.91. The molecule has 0 saturated carbocycles. The summed E-state index contributed by atoms with van der Waals surface area (Å²) in [5.74, 6) is 0.428. The lowest BCUT2D eigenvalue weighted by molar-refractivity contribution is -0.145. The van der Waals surface area contributed by atoms with Gasteiger partial charge in [0.1, 0.15) is 11.9 Å². The van der Waals surface area contributed by atoms with Crippen LogP contribution in [-0.4, -0.2) is 59.1 Å². The van der Waals surface area contributed by atoms with Crippen LogP contribution in [-0.2, 0) is 9.53 Å². The number of fused-ring (bicyclic) bond motifs is 1. The molecular weight excluding hydrogens is 368 g/mol. The van der Waals surface area contributed by atoms with E-state index in [1.54, 1.807) is 0 Å². The monoisotopic (exact) mass is 392 g/mol. The maximum Gasteiger partial charge on any atom is 0.323 e. The van der Waals surface area contributed by atoms with E-state index in [1.807, 2.05) is 67.4 Å². The van der Waals surface area contributed by atoms with Gasteiger partial charge in [-0.1, -0.05) is 18.2 Å². The normalized spacial score (nSPS) is 19.4. The van der Waals surface area contributed by atoms with Gasteiger partial charge in [-0.15, -0.1) is 0 Å². The lowest BCUT2D eigenvalue weighted by Crippen LogP contribution is -2.36. The van der Waals surface area contributed by atoms with Crippen LogP contribution in [0.25, 0.3) is 16.7 Å². The highest BCUT2D eigenvalue weighted by Crippen LogP contribution is 2.23. The summed E-state index contributed by atoms with van der Waals surface area (Å²) in [4.78, 5) is 31.2. The second-order valence-corrected chi connectivity index (χ2v) is 7.42. The summed E-state index contributed by atoms with van der Waals surface area (Å²) >= 11 is 0. The molecule has 29 heavy (non-hydrogen) atoms. The highest BCUT2D eigenvalue weighted by atomic mass is 16.5. The molecule has 2 aromatic carbocycles. The van der Waals surface area contributed by atoms with Crippen LogP contribution in [0.15, 0.2) is 48.5 Å². The summed E-state index contributed by atoms with van der Waals surface area (Å²) in [5, 5.41) is 3.03. The first-order valence-corrected chi connectivity index (χ1v) is 9.61. The molecule has 150 valence electrons. The number of nitrogens with zero attached hydrogens (tertiary/aromatic N) is 3. The van der Waals surface area contributed by atoms with E-state index >= 15 is 0 Å². The van der Waals surface area contributed by atoms with E-state index in [0.717, 1.165) is 22.5 Å². The van der Waals surface area contributed by atoms with Gasteiger partial charge in [0.25, 0.3) is 5.91 Å². The van der Waals surface area contributed by atoms with Crippen molar-refractivity contribution < 1.29 is 14.3 Å². The third-order valence-electron chi connectivity index (χ3n) is 5.46. The van der Waals surface area contributed by atoms with Crippen molar-refractivity contribution in [1.29, 1.82) is 0 Å². The Morgan fingerprint density at radius 3 is 2.66 bits per heavy atom. The van der Waals surface area contributed by atoms with Crippen molar-refractivity contribution in [3.63, 3.8) is 0 Å². The zero-order valence-electron chi connectivity index (χ0n) is 16.8. The quantitative estimate of drug-likeness (QED) is 0.690. The molecule has 7 heteroatoms. The molecule has 1 amide bonds. The standard InChI is InChI=1S/C22H24N4O3/c1-14-23-18-11-15(9-10-19(18)26(14)17-7-5-4-6-8-17)21(27)24-16-12-20(22(28)29-3)25(2)13-16/h4-11,16,20H,12-13H2,1-3H3,(H,24,27)/t16-,20-/m0/s1. The van der Waals surface area contributed by atoms with E-state index < -0.39 is 0 Å². The molecule has 3 aromatic rings. The second kappa shape index (κ2) is 7.67. The van der Waals surface area contributed by atoms with Crippen LogP contribution in [0, 0.1) is 6.92 Å². The summed E-state index contributed by atoms with van der Waals surface area (Å²) in [5.41, 5.74) is 3.32. The molecule has 0 radical (unpaired) electrons. The number of ether oxygens (including phenoxy) is 1. The maximum absolute atomic E-state index is 12.8. The Kier molecular flexibility index (Phi) is 5.07. The highest BCUT2D eigenvalue weighted by molar-refractivity contribution is 5.98. The Bertz CT molecular complexity index is 1060. The van der Waals surface area contributed by atoms with Gasteiger partial charge < -0.3 is 10.1 Å². The molecule has 1 fully saturated rings. The molecule has 0 bridgehead atoms. The van der Waals surface area contributed by atoms with Crippen molar-refractivity contribution in [3.8, 4) is 5.69 Å². The van der Waals surface area contributed by atoms with Crippen LogP contribution in [0.1, 0.15) is 22.6 Å². The third-order valence-corrected chi connectivity index (χ3v) is 5.46. The molecule has 1 N–H and O–H groups in total. The van der Waals surface area contributed by atoms with Gasteiger partial charge in [0.15, 0.2) is 0 Å². The number of aromatic nitrogens is 2. The number of imidazole rings is 1. The number of carbonyl (C=O) groups excluding carboxylic acids is 2. The number of para-hydroxylation sites is 1. The summed E-state index contributed by atoms with van der Waals surface area (Å²) in [6.45, 7) is 2.56. The van der Waals surface area contributed by atoms with Crippen LogP contribution in [0.2, 0.25) is 0 Å². The predicted molar refractivity (Wildman–Crippen MR) is 110 cm³/mol. The molecule has 7 nitrogen and oxygen atoms in total. The summed E-state index contributed by atoms with van der Waals surface area (Å²) in [6, 6.07) is 15.1. The van der Waals surface area contributed by atoms with Crippen molar-refractivity contribution in [2.45, 2.75) is 25.4 Å². The lowest BCUT2D eigenvalue weighted by Gasteiger charge is -2.15. The number of likely N-dealkylation sites (tertiary alicyclic amines) is 1. The van der Waals surface area contributed by atoms with E-state index in [9.17, 15) is 9.59 Å². The van der Waals surface area contributed by atoms with Crippen molar-refractivity contribution in [2.75, 3.05) is 20.7 Å². The minimum atomic E-state index is -0.322. The van der Waals surface area contributed by atoms with Gasteiger partial charge in [-0.05, 0) is 50.7 Å². The molecule has 0 unspecified atom stereocenters. The van der Waals surface area contributed by atoms with Gasteiger partial charge in [-0.2, -0.15) is 0 Å². The Morgan fingerprint density at radius 2 is 1.93 bits per heavy atom. The van der Waals surface area contributed by atoms with E-state index in [0.29, 0.717) is 18.5 Å². The fourth-order valence-corrected chi connectivity index (χ4v) is 4.03. The lowest BCUT2D eigenvalue weighted by atomic mass is 10.1. The summed E-state index contributed by atoms with van der Waals surface area (Å²) in [6.07, 6.45) is 0.541. The second-order valence-electron chi connectivity index (χ2n) is 7.42. The first-order valence-electron chi connectivity index (χ1n) is 9.61. The van der Waals surface area contributed by atoms with E-state index in [-0.39, 0.29) is 24.0 Å². The van der Waals surface area contributed by atoms with Crippen molar-refractivity contribution in [3.05, 3.63) is 59.9 Å².